The van der Waals surface area contributed by atoms with Crippen molar-refractivity contribution in [3.8, 4) is 11.5 Å². The van der Waals surface area contributed by atoms with Crippen molar-refractivity contribution in [1.82, 2.24) is 10.2 Å². The largest absolute Gasteiger partial charge is 0.403 e. The number of benzene rings is 4. The highest BCUT2D eigenvalue weighted by atomic mass is 16.4. The van der Waals surface area contributed by atoms with Crippen molar-refractivity contribution in [3.05, 3.63) is 108 Å². The van der Waals surface area contributed by atoms with Crippen LogP contribution in [-0.2, 0) is 0 Å². The van der Waals surface area contributed by atoms with Crippen LogP contribution in [0, 0.1) is 0 Å². The van der Waals surface area contributed by atoms with Crippen LogP contribution in [0.4, 0.5) is 11.7 Å². The number of para-hydroxylation sites is 1. The van der Waals surface area contributed by atoms with Crippen molar-refractivity contribution in [3.63, 3.8) is 0 Å². The van der Waals surface area contributed by atoms with Gasteiger partial charge in [-0.1, -0.05) is 71.8 Å². The van der Waals surface area contributed by atoms with Crippen molar-refractivity contribution in [1.29, 1.82) is 0 Å². The van der Waals surface area contributed by atoms with E-state index in [0.717, 1.165) is 16.3 Å². The van der Waals surface area contributed by atoms with Crippen LogP contribution in [0.1, 0.15) is 20.7 Å². The molecule has 33 heavy (non-hydrogen) atoms. The van der Waals surface area contributed by atoms with Crippen LogP contribution in [0.15, 0.2) is 101 Å². The first-order valence-corrected chi connectivity index (χ1v) is 10.3. The summed E-state index contributed by atoms with van der Waals surface area (Å²) in [5.41, 5.74) is 1.90. The SMILES string of the molecule is O=C(Nc1nnc(-c2ccccc2)o1)c1ccccc1NC(=O)c1cccc2ccccc12. The van der Waals surface area contributed by atoms with Crippen molar-refractivity contribution in [2.24, 2.45) is 0 Å². The number of amides is 2. The third-order valence-corrected chi connectivity index (χ3v) is 5.12. The number of rotatable bonds is 5. The lowest BCUT2D eigenvalue weighted by Gasteiger charge is -2.11. The quantitative estimate of drug-likeness (QED) is 0.386. The molecule has 2 N–H and O–H groups in total. The summed E-state index contributed by atoms with van der Waals surface area (Å²) in [6, 6.07) is 29.1. The second kappa shape index (κ2) is 8.76. The van der Waals surface area contributed by atoms with Crippen molar-refractivity contribution in [2.75, 3.05) is 10.6 Å². The van der Waals surface area contributed by atoms with Gasteiger partial charge in [0, 0.05) is 11.1 Å². The summed E-state index contributed by atoms with van der Waals surface area (Å²) >= 11 is 0. The second-order valence-electron chi connectivity index (χ2n) is 7.26. The molecule has 0 radical (unpaired) electrons. The van der Waals surface area contributed by atoms with E-state index in [4.69, 9.17) is 4.42 Å². The lowest BCUT2D eigenvalue weighted by molar-refractivity contribution is 0.102. The molecule has 0 aliphatic rings. The molecule has 160 valence electrons. The summed E-state index contributed by atoms with van der Waals surface area (Å²) in [5, 5.41) is 15.1. The highest BCUT2D eigenvalue weighted by Gasteiger charge is 2.18. The van der Waals surface area contributed by atoms with Crippen LogP contribution in [0.25, 0.3) is 22.2 Å². The maximum Gasteiger partial charge on any atom is 0.322 e. The molecular formula is C26H18N4O3. The third kappa shape index (κ3) is 4.20. The summed E-state index contributed by atoms with van der Waals surface area (Å²) < 4.78 is 5.56. The van der Waals surface area contributed by atoms with Crippen LogP contribution >= 0.6 is 0 Å². The molecule has 2 amide bonds. The first kappa shape index (κ1) is 20.1. The van der Waals surface area contributed by atoms with Crippen LogP contribution < -0.4 is 10.6 Å². The summed E-state index contributed by atoms with van der Waals surface area (Å²) in [6.45, 7) is 0. The van der Waals surface area contributed by atoms with Gasteiger partial charge in [0.1, 0.15) is 0 Å². The number of hydrogen-bond donors (Lipinski definition) is 2. The van der Waals surface area contributed by atoms with Gasteiger partial charge in [-0.25, -0.2) is 0 Å². The fraction of sp³-hybridized carbons (Fsp3) is 0. The molecule has 0 aliphatic carbocycles. The normalized spacial score (nSPS) is 10.7. The smallest absolute Gasteiger partial charge is 0.322 e. The average molecular weight is 434 g/mol. The Kier molecular flexibility index (Phi) is 5.35. The maximum atomic E-state index is 13.0. The number of nitrogens with one attached hydrogen (secondary N) is 2. The Balaban J connectivity index is 1.37. The zero-order valence-corrected chi connectivity index (χ0v) is 17.4. The lowest BCUT2D eigenvalue weighted by atomic mass is 10.0. The van der Waals surface area contributed by atoms with E-state index in [9.17, 15) is 9.59 Å². The maximum absolute atomic E-state index is 13.0. The van der Waals surface area contributed by atoms with Gasteiger partial charge in [0.2, 0.25) is 5.89 Å². The summed E-state index contributed by atoms with van der Waals surface area (Å²) in [7, 11) is 0. The number of carbonyl (C=O) groups is 2. The Bertz CT molecular complexity index is 1460. The molecule has 0 spiro atoms. The predicted octanol–water partition coefficient (Wildman–Crippen LogP) is 5.39. The first-order valence-electron chi connectivity index (χ1n) is 10.3. The Morgan fingerprint density at radius 3 is 2.18 bits per heavy atom. The number of anilines is 2. The van der Waals surface area contributed by atoms with Gasteiger partial charge in [-0.2, -0.15) is 0 Å². The van der Waals surface area contributed by atoms with Gasteiger partial charge in [0.05, 0.1) is 11.3 Å². The van der Waals surface area contributed by atoms with Crippen LogP contribution in [-0.4, -0.2) is 22.0 Å². The zero-order valence-electron chi connectivity index (χ0n) is 17.4. The second-order valence-corrected chi connectivity index (χ2v) is 7.26. The number of fused-ring (bicyclic) bond motifs is 1. The topological polar surface area (TPSA) is 97.1 Å². The predicted molar refractivity (Wildman–Crippen MR) is 126 cm³/mol. The van der Waals surface area contributed by atoms with E-state index >= 15 is 0 Å². The molecule has 5 aromatic rings. The summed E-state index contributed by atoms with van der Waals surface area (Å²) in [5.74, 6) is -0.494. The molecular weight excluding hydrogens is 416 g/mol. The van der Waals surface area contributed by atoms with E-state index in [1.54, 1.807) is 30.3 Å². The van der Waals surface area contributed by atoms with Crippen molar-refractivity contribution in [2.45, 2.75) is 0 Å². The number of carbonyl (C=O) groups excluding carboxylic acids is 2. The average Bonchev–Trinajstić information content (AvgIpc) is 3.33. The van der Waals surface area contributed by atoms with Gasteiger partial charge in [-0.15, -0.1) is 5.10 Å². The molecule has 0 fully saturated rings. The molecule has 0 saturated carbocycles. The van der Waals surface area contributed by atoms with Crippen molar-refractivity contribution >= 4 is 34.3 Å². The minimum atomic E-state index is -0.480. The Morgan fingerprint density at radius 2 is 1.30 bits per heavy atom. The van der Waals surface area contributed by atoms with E-state index in [-0.39, 0.29) is 17.5 Å². The standard InChI is InChI=1S/C26H18N4O3/c31-23(20-15-8-12-17-9-4-5-13-19(17)20)27-22-16-7-6-14-21(22)24(32)28-26-30-29-25(33-26)18-10-2-1-3-11-18/h1-16H,(H,27,31)(H,28,30,32). The molecule has 0 atom stereocenters. The minimum absolute atomic E-state index is 0.0333. The fourth-order valence-corrected chi connectivity index (χ4v) is 3.54. The minimum Gasteiger partial charge on any atom is -0.403 e. The first-order chi connectivity index (χ1) is 16.2. The Morgan fingerprint density at radius 1 is 0.636 bits per heavy atom. The van der Waals surface area contributed by atoms with Gasteiger partial charge >= 0.3 is 6.01 Å². The van der Waals surface area contributed by atoms with E-state index in [2.05, 4.69) is 20.8 Å². The zero-order chi connectivity index (χ0) is 22.6. The lowest BCUT2D eigenvalue weighted by Crippen LogP contribution is -2.18. The number of hydrogen-bond acceptors (Lipinski definition) is 5. The van der Waals surface area contributed by atoms with Crippen molar-refractivity contribution < 1.29 is 14.0 Å². The highest BCUT2D eigenvalue weighted by Crippen LogP contribution is 2.23. The molecule has 7 nitrogen and oxygen atoms in total. The van der Waals surface area contributed by atoms with Crippen LogP contribution in [0.2, 0.25) is 0 Å². The number of nitrogens with zero attached hydrogens (tertiary/aromatic N) is 2. The molecule has 5 rings (SSSR count). The number of aromatic nitrogens is 2. The molecule has 4 aromatic carbocycles. The highest BCUT2D eigenvalue weighted by molar-refractivity contribution is 6.16. The van der Waals surface area contributed by atoms with E-state index in [1.807, 2.05) is 66.7 Å². The molecule has 7 heteroatoms. The Labute approximate surface area is 189 Å². The monoisotopic (exact) mass is 434 g/mol. The molecule has 1 aromatic heterocycles. The fourth-order valence-electron chi connectivity index (χ4n) is 3.54. The van der Waals surface area contributed by atoms with Crippen LogP contribution in [0.3, 0.4) is 0 Å². The van der Waals surface area contributed by atoms with E-state index < -0.39 is 5.91 Å². The summed E-state index contributed by atoms with van der Waals surface area (Å²) in [6.07, 6.45) is 0. The van der Waals surface area contributed by atoms with E-state index in [1.165, 1.54) is 0 Å². The van der Waals surface area contributed by atoms with Crippen LogP contribution in [0.5, 0.6) is 0 Å². The third-order valence-electron chi connectivity index (χ3n) is 5.12. The molecule has 0 saturated heterocycles. The van der Waals surface area contributed by atoms with Gasteiger partial charge in [-0.3, -0.25) is 14.9 Å². The molecule has 0 aliphatic heterocycles. The van der Waals surface area contributed by atoms with E-state index in [0.29, 0.717) is 17.1 Å². The molecule has 0 unspecified atom stereocenters. The Hall–Kier alpha value is -4.78. The van der Waals surface area contributed by atoms with Gasteiger partial charge in [-0.05, 0) is 41.1 Å². The van der Waals surface area contributed by atoms with Gasteiger partial charge in [0.15, 0.2) is 0 Å². The van der Waals surface area contributed by atoms with Gasteiger partial charge < -0.3 is 9.73 Å². The molecule has 0 bridgehead atoms. The molecule has 1 heterocycles. The summed E-state index contributed by atoms with van der Waals surface area (Å²) in [4.78, 5) is 26.0. The van der Waals surface area contributed by atoms with Gasteiger partial charge in [0.25, 0.3) is 11.8 Å².